The molecular weight excluding hydrogens is 336 g/mol. The van der Waals surface area contributed by atoms with Crippen molar-refractivity contribution in [1.82, 2.24) is 14.5 Å². The molecule has 140 valence electrons. The third kappa shape index (κ3) is 3.40. The van der Waals surface area contributed by atoms with E-state index in [4.69, 9.17) is 0 Å². The van der Waals surface area contributed by atoms with Crippen molar-refractivity contribution in [2.75, 3.05) is 27.7 Å². The quantitative estimate of drug-likeness (QED) is 0.655. The van der Waals surface area contributed by atoms with Crippen LogP contribution in [0.15, 0.2) is 34.2 Å². The molecule has 0 amide bonds. The van der Waals surface area contributed by atoms with E-state index < -0.39 is 10.0 Å². The minimum Gasteiger partial charge on any atom is -0.352 e. The molecule has 1 aromatic carbocycles. The first-order valence-corrected chi connectivity index (χ1v) is 9.88. The van der Waals surface area contributed by atoms with Crippen molar-refractivity contribution < 1.29 is 8.42 Å². The Hall–Kier alpha value is -1.60. The Morgan fingerprint density at radius 1 is 1.24 bits per heavy atom. The van der Waals surface area contributed by atoms with Gasteiger partial charge in [-0.05, 0) is 25.5 Å². The Morgan fingerprint density at radius 2 is 1.84 bits per heavy atom. The number of guanidine groups is 1. The van der Waals surface area contributed by atoms with Gasteiger partial charge in [0, 0.05) is 45.2 Å². The van der Waals surface area contributed by atoms with E-state index in [0.29, 0.717) is 11.4 Å². The lowest BCUT2D eigenvalue weighted by atomic mass is 9.65. The first-order chi connectivity index (χ1) is 11.4. The average molecular weight is 367 g/mol. The predicted molar refractivity (Wildman–Crippen MR) is 102 cm³/mol. The van der Waals surface area contributed by atoms with Gasteiger partial charge in [-0.15, -0.1) is 0 Å². The number of aliphatic imine (C=N–C) groups is 1. The van der Waals surface area contributed by atoms with Gasteiger partial charge in [-0.1, -0.05) is 32.0 Å². The molecule has 0 radical (unpaired) electrons. The molecule has 1 fully saturated rings. The first-order valence-electron chi connectivity index (χ1n) is 8.44. The van der Waals surface area contributed by atoms with Gasteiger partial charge in [-0.3, -0.25) is 4.99 Å². The van der Waals surface area contributed by atoms with E-state index in [1.165, 1.54) is 4.31 Å². The summed E-state index contributed by atoms with van der Waals surface area (Å²) in [7, 11) is 1.37. The summed E-state index contributed by atoms with van der Waals surface area (Å²) in [5.74, 6) is 0.793. The van der Waals surface area contributed by atoms with Crippen molar-refractivity contribution in [1.29, 1.82) is 0 Å². The smallest absolute Gasteiger partial charge is 0.242 e. The van der Waals surface area contributed by atoms with Crippen LogP contribution < -0.4 is 5.32 Å². The standard InChI is InChI=1S/C18H30N4O2S/c1-17(2)13-22(18(17,3)4)16(19-5)20-12-14-10-8-9-11-15(14)25(23,24)21(6)7/h8-11H,12-13H2,1-7H3,(H,19,20). The molecule has 0 aromatic heterocycles. The molecule has 1 aliphatic heterocycles. The topological polar surface area (TPSA) is 65.0 Å². The van der Waals surface area contributed by atoms with Crippen LogP contribution in [0.25, 0.3) is 0 Å². The van der Waals surface area contributed by atoms with Crippen LogP contribution in [0.4, 0.5) is 0 Å². The van der Waals surface area contributed by atoms with Gasteiger partial charge in [0.05, 0.1) is 4.90 Å². The Morgan fingerprint density at radius 3 is 2.32 bits per heavy atom. The van der Waals surface area contributed by atoms with Crippen molar-refractivity contribution >= 4 is 16.0 Å². The van der Waals surface area contributed by atoms with E-state index in [1.54, 1.807) is 33.3 Å². The Kier molecular flexibility index (Phi) is 5.21. The molecule has 2 rings (SSSR count). The zero-order chi connectivity index (χ0) is 19.0. The molecule has 0 spiro atoms. The molecule has 6 nitrogen and oxygen atoms in total. The maximum absolute atomic E-state index is 12.5. The monoisotopic (exact) mass is 366 g/mol. The van der Waals surface area contributed by atoms with Crippen molar-refractivity contribution in [3.05, 3.63) is 29.8 Å². The van der Waals surface area contributed by atoms with Gasteiger partial charge in [-0.25, -0.2) is 12.7 Å². The largest absolute Gasteiger partial charge is 0.352 e. The summed E-state index contributed by atoms with van der Waals surface area (Å²) in [5, 5.41) is 3.33. The number of rotatable bonds is 4. The highest BCUT2D eigenvalue weighted by Gasteiger charge is 2.53. The summed E-state index contributed by atoms with van der Waals surface area (Å²) in [6, 6.07) is 7.08. The van der Waals surface area contributed by atoms with Gasteiger partial charge in [0.2, 0.25) is 10.0 Å². The molecular formula is C18H30N4O2S. The summed E-state index contributed by atoms with van der Waals surface area (Å²) in [4.78, 5) is 6.94. The minimum absolute atomic E-state index is 0.00985. The highest BCUT2D eigenvalue weighted by Crippen LogP contribution is 2.46. The lowest BCUT2D eigenvalue weighted by Gasteiger charge is -2.62. The van der Waals surface area contributed by atoms with E-state index in [2.05, 4.69) is 42.9 Å². The molecule has 25 heavy (non-hydrogen) atoms. The fourth-order valence-electron chi connectivity index (χ4n) is 2.97. The molecule has 0 aliphatic carbocycles. The van der Waals surface area contributed by atoms with Gasteiger partial charge in [0.15, 0.2) is 5.96 Å². The number of nitrogens with zero attached hydrogens (tertiary/aromatic N) is 3. The van der Waals surface area contributed by atoms with E-state index in [0.717, 1.165) is 18.1 Å². The van der Waals surface area contributed by atoms with Crippen LogP contribution in [-0.2, 0) is 16.6 Å². The van der Waals surface area contributed by atoms with Gasteiger partial charge in [-0.2, -0.15) is 0 Å². The number of hydrogen-bond donors (Lipinski definition) is 1. The van der Waals surface area contributed by atoms with Crippen LogP contribution >= 0.6 is 0 Å². The first kappa shape index (κ1) is 19.7. The Labute approximate surface area is 152 Å². The SMILES string of the molecule is CN=C(NCc1ccccc1S(=O)(=O)N(C)C)N1CC(C)(C)C1(C)C. The van der Waals surface area contributed by atoms with Crippen LogP contribution in [0.2, 0.25) is 0 Å². The molecule has 1 aliphatic rings. The average Bonchev–Trinajstić information content (AvgIpc) is 2.54. The molecule has 0 atom stereocenters. The fourth-order valence-corrected chi connectivity index (χ4v) is 4.08. The van der Waals surface area contributed by atoms with Crippen molar-refractivity contribution in [3.8, 4) is 0 Å². The molecule has 7 heteroatoms. The van der Waals surface area contributed by atoms with Crippen LogP contribution in [0.3, 0.4) is 0 Å². The molecule has 1 saturated heterocycles. The van der Waals surface area contributed by atoms with Gasteiger partial charge in [0.25, 0.3) is 0 Å². The van der Waals surface area contributed by atoms with Gasteiger partial charge >= 0.3 is 0 Å². The summed E-state index contributed by atoms with van der Waals surface area (Å²) >= 11 is 0. The summed E-state index contributed by atoms with van der Waals surface area (Å²) in [6.45, 7) is 10.2. The lowest BCUT2D eigenvalue weighted by molar-refractivity contribution is -0.0668. The van der Waals surface area contributed by atoms with Crippen molar-refractivity contribution in [2.24, 2.45) is 10.4 Å². The Balaban J connectivity index is 2.20. The van der Waals surface area contributed by atoms with E-state index in [-0.39, 0.29) is 11.0 Å². The number of likely N-dealkylation sites (tertiary alicyclic amines) is 1. The van der Waals surface area contributed by atoms with E-state index in [9.17, 15) is 8.42 Å². The normalized spacial score (nSPS) is 19.7. The van der Waals surface area contributed by atoms with Crippen LogP contribution in [0.1, 0.15) is 33.3 Å². The molecule has 0 bridgehead atoms. The zero-order valence-corrected chi connectivity index (χ0v) is 17.1. The summed E-state index contributed by atoms with van der Waals surface area (Å²) in [6.07, 6.45) is 0. The van der Waals surface area contributed by atoms with Crippen LogP contribution in [-0.4, -0.2) is 56.8 Å². The van der Waals surface area contributed by atoms with Crippen LogP contribution in [0, 0.1) is 5.41 Å². The zero-order valence-electron chi connectivity index (χ0n) is 16.3. The van der Waals surface area contributed by atoms with E-state index >= 15 is 0 Å². The van der Waals surface area contributed by atoms with Crippen LogP contribution in [0.5, 0.6) is 0 Å². The molecule has 1 heterocycles. The molecule has 0 saturated carbocycles. The highest BCUT2D eigenvalue weighted by atomic mass is 32.2. The molecule has 0 unspecified atom stereocenters. The maximum Gasteiger partial charge on any atom is 0.242 e. The number of hydrogen-bond acceptors (Lipinski definition) is 3. The molecule has 1 N–H and O–H groups in total. The Bertz CT molecular complexity index is 767. The summed E-state index contributed by atoms with van der Waals surface area (Å²) in [5.41, 5.74) is 0.927. The second-order valence-corrected chi connectivity index (χ2v) is 9.95. The van der Waals surface area contributed by atoms with Crippen molar-refractivity contribution in [3.63, 3.8) is 0 Å². The number of benzene rings is 1. The van der Waals surface area contributed by atoms with Crippen molar-refractivity contribution in [2.45, 2.75) is 44.7 Å². The lowest BCUT2D eigenvalue weighted by Crippen LogP contribution is -2.72. The fraction of sp³-hybridized carbons (Fsp3) is 0.611. The van der Waals surface area contributed by atoms with Gasteiger partial charge in [0.1, 0.15) is 0 Å². The number of sulfonamides is 1. The third-order valence-electron chi connectivity index (χ3n) is 5.52. The predicted octanol–water partition coefficient (Wildman–Crippen LogP) is 2.13. The molecule has 1 aromatic rings. The second kappa shape index (κ2) is 6.61. The number of nitrogens with one attached hydrogen (secondary N) is 1. The van der Waals surface area contributed by atoms with E-state index in [1.807, 2.05) is 12.1 Å². The van der Waals surface area contributed by atoms with Gasteiger partial charge < -0.3 is 10.2 Å². The highest BCUT2D eigenvalue weighted by molar-refractivity contribution is 7.89. The maximum atomic E-state index is 12.5. The third-order valence-corrected chi connectivity index (χ3v) is 7.44. The minimum atomic E-state index is -3.48. The summed E-state index contributed by atoms with van der Waals surface area (Å²) < 4.78 is 26.3. The second-order valence-electron chi connectivity index (χ2n) is 7.82.